The molecule has 0 saturated heterocycles. The Bertz CT molecular complexity index is 1060. The van der Waals surface area contributed by atoms with Crippen LogP contribution in [0.1, 0.15) is 31.9 Å². The molecule has 0 unspecified atom stereocenters. The van der Waals surface area contributed by atoms with Crippen molar-refractivity contribution in [2.24, 2.45) is 5.10 Å². The molecule has 0 heterocycles. The fourth-order valence-corrected chi connectivity index (χ4v) is 2.84. The number of carbonyl (C=O) groups is 2. The van der Waals surface area contributed by atoms with E-state index >= 15 is 0 Å². The zero-order chi connectivity index (χ0) is 21.6. The zero-order valence-corrected chi connectivity index (χ0v) is 17.3. The highest BCUT2D eigenvalue weighted by molar-refractivity contribution is 6.35. The summed E-state index contributed by atoms with van der Waals surface area (Å²) >= 11 is 0. The van der Waals surface area contributed by atoms with Crippen LogP contribution in [0.15, 0.2) is 71.8 Å². The van der Waals surface area contributed by atoms with Crippen LogP contribution < -0.4 is 15.5 Å². The molecule has 0 aromatic heterocycles. The second kappa shape index (κ2) is 9.22. The fourth-order valence-electron chi connectivity index (χ4n) is 2.84. The number of rotatable bonds is 5. The molecule has 0 aliphatic rings. The summed E-state index contributed by atoms with van der Waals surface area (Å²) in [5.74, 6) is -0.804. The maximum absolute atomic E-state index is 11.7. The molecule has 30 heavy (non-hydrogen) atoms. The highest BCUT2D eigenvalue weighted by Gasteiger charge is 2.19. The first-order chi connectivity index (χ1) is 14.3. The smallest absolute Gasteiger partial charge is 0.329 e. The third-order valence-electron chi connectivity index (χ3n) is 4.23. The van der Waals surface area contributed by atoms with E-state index in [1.807, 2.05) is 42.5 Å². The van der Waals surface area contributed by atoms with Crippen LogP contribution in [0, 0.1) is 0 Å². The van der Waals surface area contributed by atoms with Crippen molar-refractivity contribution in [2.45, 2.75) is 32.9 Å². The molecular formula is C24H25N3O3. The van der Waals surface area contributed by atoms with Gasteiger partial charge in [-0.2, -0.15) is 5.10 Å². The highest BCUT2D eigenvalue weighted by Crippen LogP contribution is 2.20. The van der Waals surface area contributed by atoms with E-state index in [0.29, 0.717) is 6.61 Å². The van der Waals surface area contributed by atoms with Crippen molar-refractivity contribution in [1.29, 1.82) is 0 Å². The van der Waals surface area contributed by atoms with E-state index < -0.39 is 17.4 Å². The van der Waals surface area contributed by atoms with Gasteiger partial charge < -0.3 is 10.1 Å². The predicted molar refractivity (Wildman–Crippen MR) is 118 cm³/mol. The molecule has 0 atom stereocenters. The Balaban J connectivity index is 1.54. The summed E-state index contributed by atoms with van der Waals surface area (Å²) in [4.78, 5) is 23.4. The van der Waals surface area contributed by atoms with Crippen LogP contribution in [0.4, 0.5) is 0 Å². The van der Waals surface area contributed by atoms with Crippen molar-refractivity contribution in [2.75, 3.05) is 0 Å². The molecule has 0 bridgehead atoms. The van der Waals surface area contributed by atoms with Gasteiger partial charge in [-0.3, -0.25) is 9.59 Å². The molecule has 2 amide bonds. The van der Waals surface area contributed by atoms with Crippen LogP contribution in [0.3, 0.4) is 0 Å². The van der Waals surface area contributed by atoms with E-state index in [1.54, 1.807) is 20.8 Å². The van der Waals surface area contributed by atoms with Gasteiger partial charge in [0.05, 0.1) is 6.21 Å². The second-order valence-electron chi connectivity index (χ2n) is 7.90. The molecule has 6 nitrogen and oxygen atoms in total. The van der Waals surface area contributed by atoms with Gasteiger partial charge in [-0.05, 0) is 66.9 Å². The molecule has 0 aliphatic carbocycles. The van der Waals surface area contributed by atoms with Gasteiger partial charge in [0.25, 0.3) is 0 Å². The van der Waals surface area contributed by atoms with Crippen LogP contribution in [0.25, 0.3) is 10.8 Å². The van der Waals surface area contributed by atoms with E-state index in [2.05, 4.69) is 40.1 Å². The minimum absolute atomic E-state index is 0.466. The van der Waals surface area contributed by atoms with Crippen molar-refractivity contribution in [3.05, 3.63) is 77.9 Å². The molecule has 0 radical (unpaired) electrons. The Hall–Kier alpha value is -3.67. The lowest BCUT2D eigenvalue weighted by atomic mass is 10.1. The number of carbonyl (C=O) groups excluding carboxylic acids is 2. The van der Waals surface area contributed by atoms with Crippen molar-refractivity contribution in [3.63, 3.8) is 0 Å². The van der Waals surface area contributed by atoms with Crippen LogP contribution in [-0.4, -0.2) is 23.6 Å². The third-order valence-corrected chi connectivity index (χ3v) is 4.23. The minimum Gasteiger partial charge on any atom is -0.489 e. The number of amides is 2. The first-order valence-electron chi connectivity index (χ1n) is 9.67. The Morgan fingerprint density at radius 3 is 2.37 bits per heavy atom. The Morgan fingerprint density at radius 2 is 1.63 bits per heavy atom. The van der Waals surface area contributed by atoms with E-state index in [9.17, 15) is 9.59 Å². The number of nitrogens with one attached hydrogen (secondary N) is 2. The molecule has 2 N–H and O–H groups in total. The topological polar surface area (TPSA) is 79.8 Å². The van der Waals surface area contributed by atoms with Gasteiger partial charge in [0.15, 0.2) is 0 Å². The molecule has 0 saturated carbocycles. The van der Waals surface area contributed by atoms with Gasteiger partial charge in [-0.25, -0.2) is 5.43 Å². The van der Waals surface area contributed by atoms with E-state index in [-0.39, 0.29) is 0 Å². The van der Waals surface area contributed by atoms with E-state index in [0.717, 1.165) is 16.9 Å². The van der Waals surface area contributed by atoms with Gasteiger partial charge in [0.1, 0.15) is 12.4 Å². The summed E-state index contributed by atoms with van der Waals surface area (Å²) in [5.41, 5.74) is 3.62. The number of fused-ring (bicyclic) bond motifs is 1. The molecule has 3 rings (SSSR count). The first-order valence-corrected chi connectivity index (χ1v) is 9.67. The number of ether oxygens (including phenoxy) is 1. The molecule has 0 aliphatic heterocycles. The van der Waals surface area contributed by atoms with Gasteiger partial charge in [-0.1, -0.05) is 42.5 Å². The normalized spacial score (nSPS) is 11.4. The lowest BCUT2D eigenvalue weighted by Gasteiger charge is -2.19. The highest BCUT2D eigenvalue weighted by atomic mass is 16.5. The summed E-state index contributed by atoms with van der Waals surface area (Å²) in [6.07, 6.45) is 1.47. The standard InChI is InChI=1S/C24H25N3O3/c1-24(2,3)26-22(28)23(29)27-25-15-17-11-13-20(14-12-17)30-16-19-9-6-8-18-7-4-5-10-21(18)19/h4-15H,16H2,1-3H3,(H,26,28)(H,27,29)/b25-15+. The molecule has 154 valence electrons. The van der Waals surface area contributed by atoms with Gasteiger partial charge in [0.2, 0.25) is 0 Å². The lowest BCUT2D eigenvalue weighted by Crippen LogP contribution is -2.47. The summed E-state index contributed by atoms with van der Waals surface area (Å²) in [6, 6.07) is 21.7. The Labute approximate surface area is 175 Å². The zero-order valence-electron chi connectivity index (χ0n) is 17.3. The second-order valence-corrected chi connectivity index (χ2v) is 7.90. The molecule has 3 aromatic rings. The number of hydrogen-bond donors (Lipinski definition) is 2. The van der Waals surface area contributed by atoms with Crippen LogP contribution in [0.2, 0.25) is 0 Å². The molecule has 6 heteroatoms. The SMILES string of the molecule is CC(C)(C)NC(=O)C(=O)N/N=C/c1ccc(OCc2cccc3ccccc23)cc1. The van der Waals surface area contributed by atoms with Crippen molar-refractivity contribution in [3.8, 4) is 5.75 Å². The lowest BCUT2D eigenvalue weighted by molar-refractivity contribution is -0.140. The Kier molecular flexibility index (Phi) is 6.47. The number of hydrogen-bond acceptors (Lipinski definition) is 4. The number of hydrazone groups is 1. The summed E-state index contributed by atoms with van der Waals surface area (Å²) < 4.78 is 5.91. The van der Waals surface area contributed by atoms with Gasteiger partial charge in [-0.15, -0.1) is 0 Å². The van der Waals surface area contributed by atoms with E-state index in [4.69, 9.17) is 4.74 Å². The van der Waals surface area contributed by atoms with Gasteiger partial charge >= 0.3 is 11.8 Å². The summed E-state index contributed by atoms with van der Waals surface area (Å²) in [5, 5.41) is 8.76. The maximum atomic E-state index is 11.7. The largest absolute Gasteiger partial charge is 0.489 e. The van der Waals surface area contributed by atoms with E-state index in [1.165, 1.54) is 17.0 Å². The van der Waals surface area contributed by atoms with Crippen molar-refractivity contribution >= 4 is 28.8 Å². The molecule has 3 aromatic carbocycles. The summed E-state index contributed by atoms with van der Waals surface area (Å²) in [7, 11) is 0. The van der Waals surface area contributed by atoms with Crippen molar-refractivity contribution in [1.82, 2.24) is 10.7 Å². The molecule has 0 spiro atoms. The Morgan fingerprint density at radius 1 is 0.933 bits per heavy atom. The first kappa shape index (κ1) is 21.0. The molecular weight excluding hydrogens is 378 g/mol. The van der Waals surface area contributed by atoms with Gasteiger partial charge in [0, 0.05) is 5.54 Å². The number of nitrogens with zero attached hydrogens (tertiary/aromatic N) is 1. The monoisotopic (exact) mass is 403 g/mol. The maximum Gasteiger partial charge on any atom is 0.329 e. The minimum atomic E-state index is -0.809. The van der Waals surface area contributed by atoms with Crippen LogP contribution >= 0.6 is 0 Å². The summed E-state index contributed by atoms with van der Waals surface area (Å²) in [6.45, 7) is 5.86. The number of benzene rings is 3. The predicted octanol–water partition coefficient (Wildman–Crippen LogP) is 3.78. The third kappa shape index (κ3) is 5.91. The van der Waals surface area contributed by atoms with Crippen molar-refractivity contribution < 1.29 is 14.3 Å². The molecule has 0 fully saturated rings. The average Bonchev–Trinajstić information content (AvgIpc) is 2.72. The average molecular weight is 403 g/mol. The van der Waals surface area contributed by atoms with Crippen LogP contribution in [0.5, 0.6) is 5.75 Å². The quantitative estimate of drug-likeness (QED) is 0.386. The van der Waals surface area contributed by atoms with Crippen LogP contribution in [-0.2, 0) is 16.2 Å². The fraction of sp³-hybridized carbons (Fsp3) is 0.208.